The molecule has 5 heteroatoms. The summed E-state index contributed by atoms with van der Waals surface area (Å²) in [5, 5.41) is 0.956. The Hall–Kier alpha value is 0.370. The summed E-state index contributed by atoms with van der Waals surface area (Å²) in [6.07, 6.45) is 0. The molecule has 2 N–H and O–H groups in total. The van der Waals surface area contributed by atoms with Crippen LogP contribution in [0.1, 0.15) is 0 Å². The van der Waals surface area contributed by atoms with E-state index in [1.807, 2.05) is 0 Å². The van der Waals surface area contributed by atoms with E-state index in [1.54, 1.807) is 6.07 Å². The van der Waals surface area contributed by atoms with Gasteiger partial charge in [0.15, 0.2) is 0 Å². The first kappa shape index (κ1) is 9.46. The van der Waals surface area contributed by atoms with Crippen molar-refractivity contribution in [3.63, 3.8) is 0 Å². The van der Waals surface area contributed by atoms with Crippen LogP contribution in [0.5, 0.6) is 0 Å². The fourth-order valence-corrected chi connectivity index (χ4v) is 1.87. The molecule has 0 unspecified atom stereocenters. The van der Waals surface area contributed by atoms with Gasteiger partial charge >= 0.3 is 0 Å². The van der Waals surface area contributed by atoms with E-state index in [0.29, 0.717) is 15.2 Å². The molecule has 0 amide bonds. The zero-order valence-corrected chi connectivity index (χ0v) is 9.02. The highest BCUT2D eigenvalue weighted by Crippen LogP contribution is 2.38. The van der Waals surface area contributed by atoms with E-state index in [0.717, 1.165) is 0 Å². The van der Waals surface area contributed by atoms with Crippen LogP contribution in [0.2, 0.25) is 15.1 Å². The van der Waals surface area contributed by atoms with Gasteiger partial charge in [0.25, 0.3) is 0 Å². The molecule has 0 saturated heterocycles. The van der Waals surface area contributed by atoms with E-state index in [2.05, 4.69) is 15.9 Å². The number of nitrogen functional groups attached to an aromatic ring is 1. The maximum absolute atomic E-state index is 5.72. The van der Waals surface area contributed by atoms with E-state index >= 15 is 0 Å². The average Bonchev–Trinajstić information content (AvgIpc) is 1.97. The normalized spacial score (nSPS) is 10.2. The van der Waals surface area contributed by atoms with Crippen molar-refractivity contribution < 1.29 is 0 Å². The van der Waals surface area contributed by atoms with Crippen LogP contribution < -0.4 is 5.73 Å². The molecule has 0 aliphatic carbocycles. The van der Waals surface area contributed by atoms with Crippen molar-refractivity contribution in [2.24, 2.45) is 0 Å². The molecule has 0 aromatic heterocycles. The molecule has 1 rings (SSSR count). The monoisotopic (exact) mass is 273 g/mol. The molecular weight excluding hydrogens is 272 g/mol. The van der Waals surface area contributed by atoms with Crippen LogP contribution in [0.25, 0.3) is 0 Å². The summed E-state index contributed by atoms with van der Waals surface area (Å²) in [4.78, 5) is 0. The SMILES string of the molecule is Nc1c(Br)cc(Cl)c(Cl)c1Cl. The standard InChI is InChI=1S/C6H3BrCl3N/c7-2-1-3(8)4(9)5(10)6(2)11/h1H,11H2. The number of hydrogen-bond acceptors (Lipinski definition) is 1. The molecule has 60 valence electrons. The van der Waals surface area contributed by atoms with Gasteiger partial charge in [0.05, 0.1) is 20.8 Å². The Morgan fingerprint density at radius 2 is 1.73 bits per heavy atom. The molecule has 0 fully saturated rings. The van der Waals surface area contributed by atoms with Gasteiger partial charge in [-0.1, -0.05) is 34.8 Å². The fraction of sp³-hybridized carbons (Fsp3) is 0. The molecule has 0 saturated carbocycles. The predicted octanol–water partition coefficient (Wildman–Crippen LogP) is 3.99. The first-order chi connectivity index (χ1) is 5.04. The second-order valence-electron chi connectivity index (χ2n) is 1.88. The topological polar surface area (TPSA) is 26.0 Å². The molecule has 0 aliphatic heterocycles. The van der Waals surface area contributed by atoms with Crippen molar-refractivity contribution in [1.82, 2.24) is 0 Å². The number of anilines is 1. The van der Waals surface area contributed by atoms with E-state index in [1.165, 1.54) is 0 Å². The number of nitrogens with two attached hydrogens (primary N) is 1. The third-order valence-electron chi connectivity index (χ3n) is 1.15. The quantitative estimate of drug-likeness (QED) is 0.432. The molecule has 1 aromatic rings. The summed E-state index contributed by atoms with van der Waals surface area (Å²) in [5.74, 6) is 0. The lowest BCUT2D eigenvalue weighted by Crippen LogP contribution is -1.88. The smallest absolute Gasteiger partial charge is 0.0848 e. The van der Waals surface area contributed by atoms with Crippen molar-refractivity contribution >= 4 is 56.4 Å². The lowest BCUT2D eigenvalue weighted by molar-refractivity contribution is 1.63. The highest BCUT2D eigenvalue weighted by molar-refractivity contribution is 9.10. The van der Waals surface area contributed by atoms with Crippen molar-refractivity contribution in [2.75, 3.05) is 5.73 Å². The Bertz CT molecular complexity index is 274. The maximum atomic E-state index is 5.72. The summed E-state index contributed by atoms with van der Waals surface area (Å²) < 4.78 is 0.650. The Balaban J connectivity index is 3.46. The highest BCUT2D eigenvalue weighted by atomic mass is 79.9. The first-order valence-corrected chi connectivity index (χ1v) is 4.55. The molecule has 1 aromatic carbocycles. The van der Waals surface area contributed by atoms with E-state index in [9.17, 15) is 0 Å². The second-order valence-corrected chi connectivity index (χ2v) is 3.90. The number of benzene rings is 1. The lowest BCUT2D eigenvalue weighted by atomic mass is 10.3. The van der Waals surface area contributed by atoms with Gasteiger partial charge in [-0.3, -0.25) is 0 Å². The van der Waals surface area contributed by atoms with Gasteiger partial charge in [0.1, 0.15) is 0 Å². The van der Waals surface area contributed by atoms with E-state index in [-0.39, 0.29) is 10.0 Å². The predicted molar refractivity (Wildman–Crippen MR) is 53.6 cm³/mol. The first-order valence-electron chi connectivity index (χ1n) is 2.62. The molecule has 0 radical (unpaired) electrons. The van der Waals surface area contributed by atoms with Crippen LogP contribution in [-0.2, 0) is 0 Å². The van der Waals surface area contributed by atoms with Crippen molar-refractivity contribution in [3.8, 4) is 0 Å². The summed E-state index contributed by atoms with van der Waals surface area (Å²) in [6, 6.07) is 1.60. The Labute approximate surface area is 87.5 Å². The van der Waals surface area contributed by atoms with Crippen LogP contribution in [0.4, 0.5) is 5.69 Å². The number of rotatable bonds is 0. The Morgan fingerprint density at radius 3 is 2.27 bits per heavy atom. The third-order valence-corrected chi connectivity index (χ3v) is 3.08. The number of hydrogen-bond donors (Lipinski definition) is 1. The van der Waals surface area contributed by atoms with Crippen LogP contribution in [-0.4, -0.2) is 0 Å². The molecule has 1 nitrogen and oxygen atoms in total. The third kappa shape index (κ3) is 1.75. The minimum atomic E-state index is 0.283. The summed E-state index contributed by atoms with van der Waals surface area (Å²) in [5.41, 5.74) is 5.93. The molecule has 0 atom stereocenters. The van der Waals surface area contributed by atoms with Crippen molar-refractivity contribution in [3.05, 3.63) is 25.6 Å². The average molecular weight is 275 g/mol. The largest absolute Gasteiger partial charge is 0.397 e. The summed E-state index contributed by atoms with van der Waals surface area (Å²) in [7, 11) is 0. The van der Waals surface area contributed by atoms with Crippen molar-refractivity contribution in [2.45, 2.75) is 0 Å². The molecular formula is C6H3BrCl3N. The highest BCUT2D eigenvalue weighted by Gasteiger charge is 2.09. The Morgan fingerprint density at radius 1 is 1.18 bits per heavy atom. The summed E-state index contributed by atoms with van der Waals surface area (Å²) in [6.45, 7) is 0. The molecule has 0 aliphatic rings. The molecule has 0 heterocycles. The van der Waals surface area contributed by atoms with Gasteiger partial charge < -0.3 is 5.73 Å². The fourth-order valence-electron chi connectivity index (χ4n) is 0.580. The molecule has 0 spiro atoms. The minimum absolute atomic E-state index is 0.283. The zero-order valence-electron chi connectivity index (χ0n) is 5.17. The molecule has 0 bridgehead atoms. The van der Waals surface area contributed by atoms with Gasteiger partial charge in [-0.2, -0.15) is 0 Å². The van der Waals surface area contributed by atoms with Gasteiger partial charge in [0, 0.05) is 4.47 Å². The number of halogens is 4. The van der Waals surface area contributed by atoms with Crippen molar-refractivity contribution in [1.29, 1.82) is 0 Å². The van der Waals surface area contributed by atoms with Gasteiger partial charge in [-0.05, 0) is 22.0 Å². The van der Waals surface area contributed by atoms with Gasteiger partial charge in [-0.25, -0.2) is 0 Å². The van der Waals surface area contributed by atoms with Crippen LogP contribution in [0, 0.1) is 0 Å². The Kier molecular flexibility index (Phi) is 2.92. The van der Waals surface area contributed by atoms with Gasteiger partial charge in [0.2, 0.25) is 0 Å². The second kappa shape index (κ2) is 3.40. The van der Waals surface area contributed by atoms with Crippen LogP contribution >= 0.6 is 50.7 Å². The minimum Gasteiger partial charge on any atom is -0.397 e. The van der Waals surface area contributed by atoms with Crippen LogP contribution in [0.3, 0.4) is 0 Å². The molecule has 11 heavy (non-hydrogen) atoms. The van der Waals surface area contributed by atoms with Crippen LogP contribution in [0.15, 0.2) is 10.5 Å². The lowest BCUT2D eigenvalue weighted by Gasteiger charge is -2.04. The zero-order chi connectivity index (χ0) is 8.59. The maximum Gasteiger partial charge on any atom is 0.0848 e. The van der Waals surface area contributed by atoms with E-state index in [4.69, 9.17) is 40.5 Å². The van der Waals surface area contributed by atoms with Gasteiger partial charge in [-0.15, -0.1) is 0 Å². The van der Waals surface area contributed by atoms with E-state index < -0.39 is 0 Å². The summed E-state index contributed by atoms with van der Waals surface area (Å²) >= 11 is 20.3.